The molecule has 0 amide bonds. The first kappa shape index (κ1) is 27.0. The topological polar surface area (TPSA) is 51.8 Å². The lowest BCUT2D eigenvalue weighted by atomic mass is 9.94. The van der Waals surface area contributed by atoms with Gasteiger partial charge < -0.3 is 4.42 Å². The molecule has 0 unspecified atom stereocenters. The highest BCUT2D eigenvalue weighted by molar-refractivity contribution is 6.18. The number of hydrogen-bond donors (Lipinski definition) is 0. The second-order valence-corrected chi connectivity index (χ2v) is 11.6. The predicted molar refractivity (Wildman–Crippen MR) is 192 cm³/mol. The number of pyridine rings is 1. The van der Waals surface area contributed by atoms with Crippen LogP contribution in [0.3, 0.4) is 0 Å². The number of fused-ring (bicyclic) bond motifs is 4. The third-order valence-corrected chi connectivity index (χ3v) is 8.69. The zero-order valence-electron chi connectivity index (χ0n) is 25.3. The van der Waals surface area contributed by atoms with Gasteiger partial charge in [0.05, 0.1) is 22.3 Å². The lowest BCUT2D eigenvalue weighted by Gasteiger charge is -2.13. The maximum Gasteiger partial charge on any atom is 0.228 e. The normalized spacial score (nSPS) is 11.4. The molecule has 4 heteroatoms. The van der Waals surface area contributed by atoms with Crippen molar-refractivity contribution >= 4 is 33.0 Å². The van der Waals surface area contributed by atoms with E-state index in [9.17, 15) is 0 Å². The van der Waals surface area contributed by atoms with Gasteiger partial charge in [-0.05, 0) is 47.0 Å². The maximum absolute atomic E-state index is 6.28. The van der Waals surface area contributed by atoms with E-state index < -0.39 is 0 Å². The van der Waals surface area contributed by atoms with E-state index in [1.807, 2.05) is 54.6 Å². The molecule has 9 rings (SSSR count). The van der Waals surface area contributed by atoms with Crippen LogP contribution in [-0.4, -0.2) is 15.0 Å². The molecule has 3 aromatic heterocycles. The number of para-hydroxylation sites is 2. The summed E-state index contributed by atoms with van der Waals surface area (Å²) in [6, 6.07) is 56.3. The summed E-state index contributed by atoms with van der Waals surface area (Å²) in [5.41, 5.74) is 11.6. The molecule has 0 radical (unpaired) electrons. The second-order valence-electron chi connectivity index (χ2n) is 11.6. The maximum atomic E-state index is 6.28. The van der Waals surface area contributed by atoms with Gasteiger partial charge in [0.1, 0.15) is 5.58 Å². The largest absolute Gasteiger partial charge is 0.438 e. The minimum atomic E-state index is 0.638. The Hall–Kier alpha value is -6.39. The summed E-state index contributed by atoms with van der Waals surface area (Å²) in [6.07, 6.45) is 0. The summed E-state index contributed by atoms with van der Waals surface area (Å²) in [7, 11) is 0. The first-order chi connectivity index (χ1) is 23.3. The van der Waals surface area contributed by atoms with Gasteiger partial charge in [0.25, 0.3) is 0 Å². The molecule has 220 valence electrons. The van der Waals surface area contributed by atoms with Crippen molar-refractivity contribution < 1.29 is 4.42 Å². The molecule has 0 bridgehead atoms. The molecule has 0 N–H and O–H groups in total. The van der Waals surface area contributed by atoms with Crippen molar-refractivity contribution in [3.8, 4) is 56.2 Å². The molecule has 0 fully saturated rings. The first-order valence-electron chi connectivity index (χ1n) is 15.7. The second kappa shape index (κ2) is 11.2. The van der Waals surface area contributed by atoms with E-state index in [4.69, 9.17) is 19.4 Å². The quantitative estimate of drug-likeness (QED) is 0.197. The number of hydrogen-bond acceptors (Lipinski definition) is 4. The molecule has 3 heterocycles. The molecule has 6 aromatic carbocycles. The molecular formula is C43H27N3O. The van der Waals surface area contributed by atoms with Gasteiger partial charge in [-0.25, -0.2) is 15.0 Å². The molecule has 4 nitrogen and oxygen atoms in total. The van der Waals surface area contributed by atoms with Crippen LogP contribution in [0.2, 0.25) is 0 Å². The molecule has 0 aliphatic heterocycles. The van der Waals surface area contributed by atoms with Crippen molar-refractivity contribution in [1.82, 2.24) is 15.0 Å². The van der Waals surface area contributed by atoms with Crippen LogP contribution < -0.4 is 0 Å². The molecule has 47 heavy (non-hydrogen) atoms. The number of benzene rings is 6. The summed E-state index contributed by atoms with van der Waals surface area (Å²) in [6.45, 7) is 0. The fourth-order valence-electron chi connectivity index (χ4n) is 6.46. The van der Waals surface area contributed by atoms with Crippen LogP contribution in [0.25, 0.3) is 89.1 Å². The van der Waals surface area contributed by atoms with Gasteiger partial charge in [0.15, 0.2) is 5.82 Å². The predicted octanol–water partition coefficient (Wildman–Crippen LogP) is 11.3. The molecule has 0 atom stereocenters. The van der Waals surface area contributed by atoms with Crippen molar-refractivity contribution in [2.75, 3.05) is 0 Å². The van der Waals surface area contributed by atoms with Crippen molar-refractivity contribution in [1.29, 1.82) is 0 Å². The Morgan fingerprint density at radius 1 is 0.383 bits per heavy atom. The van der Waals surface area contributed by atoms with Crippen molar-refractivity contribution in [3.63, 3.8) is 0 Å². The summed E-state index contributed by atoms with van der Waals surface area (Å²) < 4.78 is 6.28. The van der Waals surface area contributed by atoms with Crippen LogP contribution >= 0.6 is 0 Å². The number of aromatic nitrogens is 3. The van der Waals surface area contributed by atoms with Gasteiger partial charge in [-0.15, -0.1) is 0 Å². The monoisotopic (exact) mass is 601 g/mol. The average molecular weight is 602 g/mol. The van der Waals surface area contributed by atoms with E-state index in [1.54, 1.807) is 0 Å². The fraction of sp³-hybridized carbons (Fsp3) is 0. The van der Waals surface area contributed by atoms with Gasteiger partial charge in [0, 0.05) is 33.0 Å². The highest BCUT2D eigenvalue weighted by Crippen LogP contribution is 2.41. The van der Waals surface area contributed by atoms with E-state index in [2.05, 4.69) is 109 Å². The van der Waals surface area contributed by atoms with Crippen molar-refractivity contribution in [2.24, 2.45) is 0 Å². The van der Waals surface area contributed by atoms with Crippen LogP contribution in [-0.2, 0) is 0 Å². The number of nitrogens with zero attached hydrogens (tertiary/aromatic N) is 3. The Balaban J connectivity index is 1.25. The van der Waals surface area contributed by atoms with E-state index in [1.165, 1.54) is 5.56 Å². The summed E-state index contributed by atoms with van der Waals surface area (Å²) in [5, 5.41) is 3.15. The smallest absolute Gasteiger partial charge is 0.228 e. The highest BCUT2D eigenvalue weighted by atomic mass is 16.3. The van der Waals surface area contributed by atoms with Gasteiger partial charge in [-0.1, -0.05) is 133 Å². The van der Waals surface area contributed by atoms with Gasteiger partial charge in [-0.2, -0.15) is 0 Å². The zero-order chi connectivity index (χ0) is 31.2. The Morgan fingerprint density at radius 2 is 0.936 bits per heavy atom. The van der Waals surface area contributed by atoms with E-state index in [0.717, 1.165) is 72.0 Å². The third-order valence-electron chi connectivity index (χ3n) is 8.69. The molecule has 0 aliphatic rings. The minimum absolute atomic E-state index is 0.638. The lowest BCUT2D eigenvalue weighted by Crippen LogP contribution is -1.96. The highest BCUT2D eigenvalue weighted by Gasteiger charge is 2.19. The molecule has 0 saturated heterocycles. The molecule has 9 aromatic rings. The fourth-order valence-corrected chi connectivity index (χ4v) is 6.46. The Bertz CT molecular complexity index is 2570. The minimum Gasteiger partial charge on any atom is -0.438 e. The summed E-state index contributed by atoms with van der Waals surface area (Å²) >= 11 is 0. The summed E-state index contributed by atoms with van der Waals surface area (Å²) in [5.74, 6) is 0.686. The molecule has 0 spiro atoms. The van der Waals surface area contributed by atoms with Crippen molar-refractivity contribution in [2.45, 2.75) is 0 Å². The van der Waals surface area contributed by atoms with Gasteiger partial charge >= 0.3 is 0 Å². The van der Waals surface area contributed by atoms with Gasteiger partial charge in [-0.3, -0.25) is 0 Å². The van der Waals surface area contributed by atoms with Crippen LogP contribution in [0.4, 0.5) is 0 Å². The van der Waals surface area contributed by atoms with Crippen LogP contribution in [0.5, 0.6) is 0 Å². The van der Waals surface area contributed by atoms with Crippen LogP contribution in [0, 0.1) is 0 Å². The first-order valence-corrected chi connectivity index (χ1v) is 15.7. The number of rotatable bonds is 5. The van der Waals surface area contributed by atoms with E-state index >= 15 is 0 Å². The molecule has 0 saturated carbocycles. The Kier molecular flexibility index (Phi) is 6.43. The molecule has 0 aliphatic carbocycles. The standard InChI is InChI=1S/C43H27N3O/c1-3-13-28(14-4-1)30-17-11-18-31(25-30)37-27-38(45-42(44-37)29-15-5-2-6-16-29)32-19-12-20-33(26-32)40-34-21-7-9-23-36(34)46-43-41(40)35-22-8-10-24-39(35)47-43/h1-27H. The third kappa shape index (κ3) is 4.84. The average Bonchev–Trinajstić information content (AvgIpc) is 3.52. The van der Waals surface area contributed by atoms with E-state index in [0.29, 0.717) is 11.5 Å². The van der Waals surface area contributed by atoms with Crippen LogP contribution in [0.1, 0.15) is 0 Å². The Labute approximate surface area is 271 Å². The summed E-state index contributed by atoms with van der Waals surface area (Å²) in [4.78, 5) is 15.1. The van der Waals surface area contributed by atoms with Crippen molar-refractivity contribution in [3.05, 3.63) is 164 Å². The number of furan rings is 1. The van der Waals surface area contributed by atoms with Gasteiger partial charge in [0.2, 0.25) is 5.71 Å². The lowest BCUT2D eigenvalue weighted by molar-refractivity contribution is 0.656. The Morgan fingerprint density at radius 3 is 1.68 bits per heavy atom. The van der Waals surface area contributed by atoms with Crippen LogP contribution in [0.15, 0.2) is 168 Å². The zero-order valence-corrected chi connectivity index (χ0v) is 25.3. The van der Waals surface area contributed by atoms with E-state index in [-0.39, 0.29) is 0 Å². The SMILES string of the molecule is c1ccc(-c2cccc(-c3cc(-c4cccc(-c5c6ccccc6nc6oc7ccccc7c56)c4)nc(-c4ccccc4)n3)c2)cc1. The molecular weight excluding hydrogens is 574 g/mol.